The summed E-state index contributed by atoms with van der Waals surface area (Å²) in [5.74, 6) is -0.415. The van der Waals surface area contributed by atoms with Crippen LogP contribution in [-0.2, 0) is 0 Å². The molecule has 0 atom stereocenters. The van der Waals surface area contributed by atoms with Gasteiger partial charge in [0.1, 0.15) is 11.6 Å². The van der Waals surface area contributed by atoms with Gasteiger partial charge in [0, 0.05) is 23.8 Å². The minimum atomic E-state index is -0.470. The van der Waals surface area contributed by atoms with E-state index >= 15 is 0 Å². The number of ether oxygens (including phenoxy) is 1. The number of thiocarbonyl (C=S) groups is 1. The van der Waals surface area contributed by atoms with Crippen LogP contribution in [0.25, 0.3) is 0 Å². The summed E-state index contributed by atoms with van der Waals surface area (Å²) >= 11 is 11.1. The smallest absolute Gasteiger partial charge is 0.261 e. The highest BCUT2D eigenvalue weighted by molar-refractivity contribution is 7.80. The van der Waals surface area contributed by atoms with Gasteiger partial charge in [-0.05, 0) is 67.9 Å². The van der Waals surface area contributed by atoms with E-state index in [-0.39, 0.29) is 16.5 Å². The molecule has 1 heterocycles. The second-order valence-electron chi connectivity index (χ2n) is 6.47. The van der Waals surface area contributed by atoms with Gasteiger partial charge in [-0.25, -0.2) is 4.39 Å². The molecule has 1 aliphatic heterocycles. The Morgan fingerprint density at radius 3 is 2.61 bits per heavy atom. The molecule has 0 saturated carbocycles. The van der Waals surface area contributed by atoms with Crippen LogP contribution >= 0.6 is 23.8 Å². The molecule has 8 heteroatoms. The minimum Gasteiger partial charge on any atom is -0.496 e. The van der Waals surface area contributed by atoms with Gasteiger partial charge in [0.25, 0.3) is 5.91 Å². The van der Waals surface area contributed by atoms with Gasteiger partial charge in [-0.1, -0.05) is 11.6 Å². The number of halogens is 2. The Bertz CT molecular complexity index is 888. The average Bonchev–Trinajstić information content (AvgIpc) is 2.68. The van der Waals surface area contributed by atoms with Crippen LogP contribution in [0.2, 0.25) is 5.02 Å². The van der Waals surface area contributed by atoms with Crippen molar-refractivity contribution in [1.82, 2.24) is 5.32 Å². The quantitative estimate of drug-likeness (QED) is 0.706. The fourth-order valence-electron chi connectivity index (χ4n) is 3.17. The molecule has 0 bridgehead atoms. The van der Waals surface area contributed by atoms with Gasteiger partial charge in [-0.3, -0.25) is 10.1 Å². The molecule has 1 saturated heterocycles. The summed E-state index contributed by atoms with van der Waals surface area (Å²) < 4.78 is 19.7. The number of hydrogen-bond acceptors (Lipinski definition) is 4. The molecule has 0 radical (unpaired) electrons. The van der Waals surface area contributed by atoms with Crippen LogP contribution in [-0.4, -0.2) is 31.2 Å². The maximum atomic E-state index is 14.5. The molecule has 3 rings (SSSR count). The van der Waals surface area contributed by atoms with Gasteiger partial charge in [-0.2, -0.15) is 0 Å². The van der Waals surface area contributed by atoms with E-state index in [9.17, 15) is 9.18 Å². The van der Waals surface area contributed by atoms with Crippen molar-refractivity contribution in [3.05, 3.63) is 52.8 Å². The summed E-state index contributed by atoms with van der Waals surface area (Å²) in [5, 5.41) is 5.84. The number of piperidine rings is 1. The van der Waals surface area contributed by atoms with Gasteiger partial charge in [0.15, 0.2) is 5.11 Å². The fraction of sp³-hybridized carbons (Fsp3) is 0.300. The number of nitrogens with one attached hydrogen (secondary N) is 2. The van der Waals surface area contributed by atoms with Crippen molar-refractivity contribution in [3.8, 4) is 5.75 Å². The summed E-state index contributed by atoms with van der Waals surface area (Å²) in [6, 6.07) is 9.56. The third kappa shape index (κ3) is 4.91. The Morgan fingerprint density at radius 1 is 1.18 bits per heavy atom. The number of nitrogens with zero attached hydrogens (tertiary/aromatic N) is 1. The van der Waals surface area contributed by atoms with E-state index in [1.807, 2.05) is 4.90 Å². The van der Waals surface area contributed by atoms with Crippen molar-refractivity contribution in [2.75, 3.05) is 30.4 Å². The zero-order valence-corrected chi connectivity index (χ0v) is 17.0. The summed E-state index contributed by atoms with van der Waals surface area (Å²) in [6.45, 7) is 1.72. The Hall–Kier alpha value is -2.38. The zero-order chi connectivity index (χ0) is 20.1. The van der Waals surface area contributed by atoms with Crippen LogP contribution in [0.4, 0.5) is 15.8 Å². The summed E-state index contributed by atoms with van der Waals surface area (Å²) in [5.41, 5.74) is 1.30. The van der Waals surface area contributed by atoms with E-state index in [0.717, 1.165) is 25.9 Å². The van der Waals surface area contributed by atoms with Crippen molar-refractivity contribution >= 4 is 46.2 Å². The van der Waals surface area contributed by atoms with E-state index in [2.05, 4.69) is 10.6 Å². The minimum absolute atomic E-state index is 0.0529. The van der Waals surface area contributed by atoms with E-state index < -0.39 is 5.91 Å². The third-order valence-corrected chi connectivity index (χ3v) is 4.97. The summed E-state index contributed by atoms with van der Waals surface area (Å²) in [4.78, 5) is 14.5. The fourth-order valence-corrected chi connectivity index (χ4v) is 3.55. The number of carbonyl (C=O) groups is 1. The number of anilines is 2. The van der Waals surface area contributed by atoms with Crippen LogP contribution in [0.1, 0.15) is 29.6 Å². The number of amides is 1. The molecule has 1 amide bonds. The van der Waals surface area contributed by atoms with Crippen LogP contribution in [0.15, 0.2) is 36.4 Å². The first-order valence-corrected chi connectivity index (χ1v) is 9.77. The molecule has 2 N–H and O–H groups in total. The van der Waals surface area contributed by atoms with Gasteiger partial charge in [0.05, 0.1) is 18.4 Å². The standard InChI is InChI=1S/C20H21ClFN3O2S/c1-27-18-8-5-13(21)11-15(18)19(26)24-20(28)23-14-6-7-17(16(22)12-14)25-9-3-2-4-10-25/h5-8,11-12H,2-4,9-10H2,1H3,(H2,23,24,26,28). The number of rotatable bonds is 4. The predicted molar refractivity (Wildman–Crippen MR) is 114 cm³/mol. The van der Waals surface area contributed by atoms with E-state index in [4.69, 9.17) is 28.6 Å². The van der Waals surface area contributed by atoms with Gasteiger partial charge in [0.2, 0.25) is 0 Å². The topological polar surface area (TPSA) is 53.6 Å². The van der Waals surface area contributed by atoms with Crippen molar-refractivity contribution in [2.45, 2.75) is 19.3 Å². The van der Waals surface area contributed by atoms with Gasteiger partial charge < -0.3 is 15.0 Å². The van der Waals surface area contributed by atoms with Crippen LogP contribution < -0.4 is 20.3 Å². The summed E-state index contributed by atoms with van der Waals surface area (Å²) in [7, 11) is 1.46. The SMILES string of the molecule is COc1ccc(Cl)cc1C(=O)NC(=S)Nc1ccc(N2CCCCC2)c(F)c1. The average molecular weight is 422 g/mol. The largest absolute Gasteiger partial charge is 0.496 e. The molecule has 0 aliphatic carbocycles. The van der Waals surface area contributed by atoms with Crippen molar-refractivity contribution in [1.29, 1.82) is 0 Å². The Labute approximate surface area is 173 Å². The highest BCUT2D eigenvalue weighted by Gasteiger charge is 2.17. The van der Waals surface area contributed by atoms with E-state index in [1.54, 1.807) is 24.3 Å². The number of methoxy groups -OCH3 is 1. The second kappa shape index (κ2) is 9.21. The lowest BCUT2D eigenvalue weighted by Crippen LogP contribution is -2.34. The maximum Gasteiger partial charge on any atom is 0.261 e. The van der Waals surface area contributed by atoms with Crippen molar-refractivity contribution in [2.24, 2.45) is 0 Å². The van der Waals surface area contributed by atoms with Crippen molar-refractivity contribution in [3.63, 3.8) is 0 Å². The molecule has 28 heavy (non-hydrogen) atoms. The molecule has 0 unspecified atom stereocenters. The molecule has 0 spiro atoms. The monoisotopic (exact) mass is 421 g/mol. The highest BCUT2D eigenvalue weighted by atomic mass is 35.5. The maximum absolute atomic E-state index is 14.5. The molecule has 2 aromatic carbocycles. The molecule has 1 aliphatic rings. The lowest BCUT2D eigenvalue weighted by Gasteiger charge is -2.29. The number of carbonyl (C=O) groups excluding carboxylic acids is 1. The Balaban J connectivity index is 1.65. The Morgan fingerprint density at radius 2 is 1.93 bits per heavy atom. The first-order chi connectivity index (χ1) is 13.5. The normalized spacial score (nSPS) is 13.8. The van der Waals surface area contributed by atoms with Crippen LogP contribution in [0.3, 0.4) is 0 Å². The molecule has 5 nitrogen and oxygen atoms in total. The van der Waals surface area contributed by atoms with Crippen molar-refractivity contribution < 1.29 is 13.9 Å². The first-order valence-electron chi connectivity index (χ1n) is 8.98. The highest BCUT2D eigenvalue weighted by Crippen LogP contribution is 2.26. The van der Waals surface area contributed by atoms with Crippen LogP contribution in [0, 0.1) is 5.82 Å². The van der Waals surface area contributed by atoms with E-state index in [1.165, 1.54) is 25.7 Å². The second-order valence-corrected chi connectivity index (χ2v) is 7.31. The zero-order valence-electron chi connectivity index (χ0n) is 15.4. The van der Waals surface area contributed by atoms with Gasteiger partial charge >= 0.3 is 0 Å². The molecular weight excluding hydrogens is 401 g/mol. The summed E-state index contributed by atoms with van der Waals surface area (Å²) in [6.07, 6.45) is 3.33. The molecule has 1 fully saturated rings. The first kappa shape index (κ1) is 20.4. The molecule has 148 valence electrons. The number of hydrogen-bond donors (Lipinski definition) is 2. The molecular formula is C20H21ClFN3O2S. The molecule has 0 aromatic heterocycles. The lowest BCUT2D eigenvalue weighted by atomic mass is 10.1. The van der Waals surface area contributed by atoms with Gasteiger partial charge in [-0.15, -0.1) is 0 Å². The Kier molecular flexibility index (Phi) is 6.70. The lowest BCUT2D eigenvalue weighted by molar-refractivity contribution is 0.0975. The van der Waals surface area contributed by atoms with E-state index in [0.29, 0.717) is 22.1 Å². The van der Waals surface area contributed by atoms with Crippen LogP contribution in [0.5, 0.6) is 5.75 Å². The third-order valence-electron chi connectivity index (χ3n) is 4.54. The molecule has 2 aromatic rings. The number of benzene rings is 2. The predicted octanol–water partition coefficient (Wildman–Crippen LogP) is 4.60.